The SMILES string of the molecule is CCO[C@@H](CC(=O)[O-])c1ccc(O[C@@H]2CCc3c(-c4ccc(OCC(O)CO)cc4)cccc32)cc1.[Na+]. The fourth-order valence-corrected chi connectivity index (χ4v) is 4.54. The molecule has 8 heteroatoms. The second-order valence-corrected chi connectivity index (χ2v) is 8.78. The molecule has 1 aliphatic carbocycles. The predicted molar refractivity (Wildman–Crippen MR) is 133 cm³/mol. The van der Waals surface area contributed by atoms with E-state index < -0.39 is 18.2 Å². The molecule has 190 valence electrons. The van der Waals surface area contributed by atoms with Crippen molar-refractivity contribution in [1.29, 1.82) is 0 Å². The van der Waals surface area contributed by atoms with Crippen molar-refractivity contribution in [2.24, 2.45) is 0 Å². The van der Waals surface area contributed by atoms with Crippen LogP contribution in [0.3, 0.4) is 0 Å². The van der Waals surface area contributed by atoms with E-state index in [-0.39, 0.29) is 55.3 Å². The topological polar surface area (TPSA) is 108 Å². The van der Waals surface area contributed by atoms with Crippen LogP contribution in [0.4, 0.5) is 0 Å². The fraction of sp³-hybridized carbons (Fsp3) is 0.345. The number of aliphatic hydroxyl groups excluding tert-OH is 2. The molecule has 0 aliphatic heterocycles. The Balaban J connectivity index is 0.00000380. The summed E-state index contributed by atoms with van der Waals surface area (Å²) in [6.07, 6.45) is 0.0567. The summed E-state index contributed by atoms with van der Waals surface area (Å²) in [5, 5.41) is 29.4. The molecule has 4 rings (SSSR count). The third kappa shape index (κ3) is 7.57. The zero-order valence-corrected chi connectivity index (χ0v) is 23.3. The Bertz CT molecular complexity index is 1150. The predicted octanol–water partition coefficient (Wildman–Crippen LogP) is 0.374. The Hall–Kier alpha value is -2.39. The number of carbonyl (C=O) groups excluding carboxylic acids is 1. The Labute approximate surface area is 239 Å². The minimum atomic E-state index is -1.14. The minimum Gasteiger partial charge on any atom is -0.550 e. The minimum absolute atomic E-state index is 0. The van der Waals surface area contributed by atoms with Crippen molar-refractivity contribution in [2.45, 2.75) is 44.5 Å². The van der Waals surface area contributed by atoms with E-state index >= 15 is 0 Å². The number of carboxylic acid groups (broad SMARTS) is 1. The van der Waals surface area contributed by atoms with E-state index in [0.717, 1.165) is 40.8 Å². The second-order valence-electron chi connectivity index (χ2n) is 8.78. The average molecular weight is 515 g/mol. The van der Waals surface area contributed by atoms with Crippen molar-refractivity contribution in [1.82, 2.24) is 0 Å². The van der Waals surface area contributed by atoms with Crippen molar-refractivity contribution in [3.63, 3.8) is 0 Å². The van der Waals surface area contributed by atoms with Crippen molar-refractivity contribution < 1.29 is 63.9 Å². The molecular formula is C29H31NaO7. The molecule has 3 aromatic rings. The standard InChI is InChI=1S/C29H32O7.Na/c1-2-34-28(16-29(32)33)20-8-12-23(13-9-20)36-27-15-14-25-24(4-3-5-26(25)27)19-6-10-22(11-7-19)35-18-21(31)17-30;/h3-13,21,27-28,30-31H,2,14-18H2,1H3,(H,32,33);/q;+1/p-1/t21?,27-,28+;/m1./s1. The fourth-order valence-electron chi connectivity index (χ4n) is 4.54. The maximum Gasteiger partial charge on any atom is 1.00 e. The van der Waals surface area contributed by atoms with E-state index in [1.807, 2.05) is 61.5 Å². The molecule has 1 unspecified atom stereocenters. The summed E-state index contributed by atoms with van der Waals surface area (Å²) in [5.74, 6) is 0.210. The van der Waals surface area contributed by atoms with Gasteiger partial charge in [-0.1, -0.05) is 42.5 Å². The Morgan fingerprint density at radius 3 is 2.41 bits per heavy atom. The van der Waals surface area contributed by atoms with Gasteiger partial charge in [-0.25, -0.2) is 0 Å². The van der Waals surface area contributed by atoms with E-state index in [1.54, 1.807) is 0 Å². The smallest absolute Gasteiger partial charge is 0.550 e. The molecule has 0 aromatic heterocycles. The third-order valence-corrected chi connectivity index (χ3v) is 6.28. The van der Waals surface area contributed by atoms with Crippen LogP contribution in [0.2, 0.25) is 0 Å². The molecule has 0 saturated heterocycles. The average Bonchev–Trinajstić information content (AvgIpc) is 3.30. The molecule has 0 spiro atoms. The Kier molecular flexibility index (Phi) is 11.0. The monoisotopic (exact) mass is 514 g/mol. The first-order valence-electron chi connectivity index (χ1n) is 12.2. The maximum atomic E-state index is 11.0. The first-order chi connectivity index (χ1) is 17.5. The van der Waals surface area contributed by atoms with Crippen molar-refractivity contribution in [3.05, 3.63) is 83.4 Å². The van der Waals surface area contributed by atoms with Crippen LogP contribution in [0.1, 0.15) is 48.7 Å². The van der Waals surface area contributed by atoms with Crippen LogP contribution in [-0.2, 0) is 16.0 Å². The van der Waals surface area contributed by atoms with Gasteiger partial charge in [-0.15, -0.1) is 0 Å². The summed E-state index contributed by atoms with van der Waals surface area (Å²) in [4.78, 5) is 11.0. The molecule has 0 heterocycles. The quantitative estimate of drug-likeness (QED) is 0.337. The molecule has 1 aliphatic rings. The molecule has 7 nitrogen and oxygen atoms in total. The third-order valence-electron chi connectivity index (χ3n) is 6.28. The van der Waals surface area contributed by atoms with Gasteiger partial charge in [0, 0.05) is 19.0 Å². The zero-order valence-electron chi connectivity index (χ0n) is 21.3. The van der Waals surface area contributed by atoms with Crippen LogP contribution in [0.25, 0.3) is 11.1 Å². The van der Waals surface area contributed by atoms with Gasteiger partial charge in [0.25, 0.3) is 0 Å². The number of benzene rings is 3. The first-order valence-corrected chi connectivity index (χ1v) is 12.2. The van der Waals surface area contributed by atoms with Gasteiger partial charge in [-0.2, -0.15) is 0 Å². The molecule has 2 N–H and O–H groups in total. The second kappa shape index (κ2) is 14.0. The van der Waals surface area contributed by atoms with Crippen molar-refractivity contribution >= 4 is 5.97 Å². The summed E-state index contributed by atoms with van der Waals surface area (Å²) in [5.41, 5.74) is 5.42. The summed E-state index contributed by atoms with van der Waals surface area (Å²) >= 11 is 0. The van der Waals surface area contributed by atoms with Gasteiger partial charge in [-0.05, 0) is 71.8 Å². The summed E-state index contributed by atoms with van der Waals surface area (Å²) in [6, 6.07) is 21.3. The van der Waals surface area contributed by atoms with Gasteiger partial charge in [0.2, 0.25) is 0 Å². The van der Waals surface area contributed by atoms with E-state index in [0.29, 0.717) is 12.4 Å². The number of fused-ring (bicyclic) bond motifs is 1. The number of carbonyl (C=O) groups is 1. The molecule has 0 fully saturated rings. The van der Waals surface area contributed by atoms with Gasteiger partial charge >= 0.3 is 29.6 Å². The van der Waals surface area contributed by atoms with E-state index in [2.05, 4.69) is 12.1 Å². The number of aliphatic hydroxyl groups is 2. The van der Waals surface area contributed by atoms with Gasteiger partial charge in [0.05, 0.1) is 12.7 Å². The first kappa shape index (κ1) is 29.2. The van der Waals surface area contributed by atoms with Crippen molar-refractivity contribution in [3.8, 4) is 22.6 Å². The number of rotatable bonds is 12. The molecule has 3 atom stereocenters. The molecule has 0 radical (unpaired) electrons. The van der Waals surface area contributed by atoms with E-state index in [9.17, 15) is 15.0 Å². The Morgan fingerprint density at radius 1 is 1.05 bits per heavy atom. The zero-order chi connectivity index (χ0) is 25.5. The van der Waals surface area contributed by atoms with Crippen molar-refractivity contribution in [2.75, 3.05) is 19.8 Å². The number of carboxylic acids is 1. The number of ether oxygens (including phenoxy) is 3. The van der Waals surface area contributed by atoms with E-state index in [4.69, 9.17) is 19.3 Å². The molecule has 0 amide bonds. The van der Waals surface area contributed by atoms with Gasteiger partial charge < -0.3 is 34.3 Å². The molecular weight excluding hydrogens is 483 g/mol. The van der Waals surface area contributed by atoms with Crippen LogP contribution < -0.4 is 44.1 Å². The van der Waals surface area contributed by atoms with Gasteiger partial charge in [0.1, 0.15) is 30.3 Å². The molecule has 3 aromatic carbocycles. The van der Waals surface area contributed by atoms with E-state index in [1.165, 1.54) is 5.56 Å². The van der Waals surface area contributed by atoms with Crippen LogP contribution in [0.5, 0.6) is 11.5 Å². The Morgan fingerprint density at radius 2 is 1.76 bits per heavy atom. The maximum absolute atomic E-state index is 11.0. The number of aliphatic carboxylic acids is 1. The van der Waals surface area contributed by atoms with Crippen LogP contribution in [0.15, 0.2) is 66.7 Å². The number of hydrogen-bond donors (Lipinski definition) is 2. The molecule has 37 heavy (non-hydrogen) atoms. The summed E-state index contributed by atoms with van der Waals surface area (Å²) in [7, 11) is 0. The van der Waals surface area contributed by atoms with Gasteiger partial charge in [0.15, 0.2) is 0 Å². The van der Waals surface area contributed by atoms with Crippen LogP contribution >= 0.6 is 0 Å². The summed E-state index contributed by atoms with van der Waals surface area (Å²) < 4.78 is 17.4. The molecule has 0 saturated carbocycles. The van der Waals surface area contributed by atoms with Crippen LogP contribution in [0, 0.1) is 0 Å². The summed E-state index contributed by atoms with van der Waals surface area (Å²) in [6.45, 7) is 1.95. The largest absolute Gasteiger partial charge is 1.00 e. The number of hydrogen-bond acceptors (Lipinski definition) is 7. The van der Waals surface area contributed by atoms with Gasteiger partial charge in [-0.3, -0.25) is 0 Å². The molecule has 0 bridgehead atoms. The van der Waals surface area contributed by atoms with Crippen LogP contribution in [-0.4, -0.2) is 42.1 Å². The normalized spacial score (nSPS) is 15.8.